The van der Waals surface area contributed by atoms with Crippen LogP contribution in [0.2, 0.25) is 0 Å². The molecule has 0 aliphatic rings. The summed E-state index contributed by atoms with van der Waals surface area (Å²) >= 11 is 0. The minimum absolute atomic E-state index is 0. The van der Waals surface area contributed by atoms with Crippen LogP contribution in [0.3, 0.4) is 0 Å². The average Bonchev–Trinajstić information content (AvgIpc) is 2.41. The number of amides is 1. The molecular formula is C14H23ClN2O3. The van der Waals surface area contributed by atoms with Crippen LogP contribution in [0.4, 0.5) is 5.69 Å². The number of hydrogen-bond acceptors (Lipinski definition) is 4. The molecule has 1 aromatic carbocycles. The second kappa shape index (κ2) is 9.44. The Hall–Kier alpha value is -1.46. The van der Waals surface area contributed by atoms with Crippen molar-refractivity contribution in [2.75, 3.05) is 19.0 Å². The molecule has 1 unspecified atom stereocenters. The molecule has 114 valence electrons. The quantitative estimate of drug-likeness (QED) is 0.812. The zero-order valence-electron chi connectivity index (χ0n) is 12.1. The molecule has 6 heteroatoms. The zero-order valence-corrected chi connectivity index (χ0v) is 13.0. The average molecular weight is 303 g/mol. The molecule has 0 bridgehead atoms. The smallest absolute Gasteiger partial charge is 0.241 e. The molecular weight excluding hydrogens is 280 g/mol. The molecule has 0 saturated heterocycles. The number of carbonyl (C=O) groups is 1. The van der Waals surface area contributed by atoms with Gasteiger partial charge in [0.15, 0.2) is 11.5 Å². The Morgan fingerprint density at radius 1 is 1.35 bits per heavy atom. The number of nitrogens with two attached hydrogens (primary N) is 1. The second-order valence-electron chi connectivity index (χ2n) is 4.18. The molecule has 1 rings (SSSR count). The van der Waals surface area contributed by atoms with Crippen molar-refractivity contribution >= 4 is 24.0 Å². The van der Waals surface area contributed by atoms with E-state index in [-0.39, 0.29) is 18.3 Å². The molecule has 0 aliphatic heterocycles. The molecule has 0 aromatic heterocycles. The van der Waals surface area contributed by atoms with Gasteiger partial charge in [0.25, 0.3) is 0 Å². The molecule has 1 aromatic rings. The second-order valence-corrected chi connectivity index (χ2v) is 4.18. The summed E-state index contributed by atoms with van der Waals surface area (Å²) in [4.78, 5) is 11.8. The van der Waals surface area contributed by atoms with Gasteiger partial charge in [-0.25, -0.2) is 0 Å². The highest BCUT2D eigenvalue weighted by Crippen LogP contribution is 2.30. The zero-order chi connectivity index (χ0) is 14.3. The fourth-order valence-electron chi connectivity index (χ4n) is 1.70. The lowest BCUT2D eigenvalue weighted by molar-refractivity contribution is -0.117. The van der Waals surface area contributed by atoms with Crippen LogP contribution in [-0.2, 0) is 4.79 Å². The van der Waals surface area contributed by atoms with Gasteiger partial charge >= 0.3 is 0 Å². The third-order valence-electron chi connectivity index (χ3n) is 2.67. The van der Waals surface area contributed by atoms with Crippen molar-refractivity contribution in [3.63, 3.8) is 0 Å². The van der Waals surface area contributed by atoms with Gasteiger partial charge in [0.05, 0.1) is 19.8 Å². The minimum atomic E-state index is -0.484. The van der Waals surface area contributed by atoms with Crippen LogP contribution in [0.1, 0.15) is 26.7 Å². The summed E-state index contributed by atoms with van der Waals surface area (Å²) in [6.07, 6.45) is 1.54. The van der Waals surface area contributed by atoms with E-state index in [1.807, 2.05) is 13.8 Å². The van der Waals surface area contributed by atoms with Gasteiger partial charge in [0, 0.05) is 11.8 Å². The van der Waals surface area contributed by atoms with Gasteiger partial charge in [-0.2, -0.15) is 0 Å². The van der Waals surface area contributed by atoms with Crippen molar-refractivity contribution in [3.05, 3.63) is 18.2 Å². The maximum absolute atomic E-state index is 11.8. The summed E-state index contributed by atoms with van der Waals surface area (Å²) in [5.74, 6) is 1.05. The van der Waals surface area contributed by atoms with E-state index < -0.39 is 6.04 Å². The van der Waals surface area contributed by atoms with E-state index in [1.54, 1.807) is 25.3 Å². The maximum atomic E-state index is 11.8. The first-order valence-corrected chi connectivity index (χ1v) is 6.49. The lowest BCUT2D eigenvalue weighted by atomic mass is 10.1. The molecule has 20 heavy (non-hydrogen) atoms. The first kappa shape index (κ1) is 18.5. The van der Waals surface area contributed by atoms with E-state index >= 15 is 0 Å². The predicted molar refractivity (Wildman–Crippen MR) is 82.9 cm³/mol. The Morgan fingerprint density at radius 2 is 2.05 bits per heavy atom. The number of methoxy groups -OCH3 is 1. The summed E-state index contributed by atoms with van der Waals surface area (Å²) in [5, 5.41) is 2.77. The molecule has 5 nitrogen and oxygen atoms in total. The van der Waals surface area contributed by atoms with E-state index in [1.165, 1.54) is 0 Å². The minimum Gasteiger partial charge on any atom is -0.493 e. The number of benzene rings is 1. The molecule has 0 fully saturated rings. The van der Waals surface area contributed by atoms with Gasteiger partial charge < -0.3 is 20.5 Å². The normalized spacial score (nSPS) is 11.2. The maximum Gasteiger partial charge on any atom is 0.241 e. The standard InChI is InChI=1S/C14H22N2O3.ClH/c1-4-6-11(15)14(17)16-10-7-8-12(19-5-2)13(9-10)18-3;/h7-9,11H,4-6,15H2,1-3H3,(H,16,17);1H. The molecule has 0 radical (unpaired) electrons. The number of ether oxygens (including phenoxy) is 2. The van der Waals surface area contributed by atoms with Crippen LogP contribution in [0, 0.1) is 0 Å². The fraction of sp³-hybridized carbons (Fsp3) is 0.500. The van der Waals surface area contributed by atoms with Crippen LogP contribution >= 0.6 is 12.4 Å². The third-order valence-corrected chi connectivity index (χ3v) is 2.67. The Kier molecular flexibility index (Phi) is 8.76. The Morgan fingerprint density at radius 3 is 2.60 bits per heavy atom. The number of halogens is 1. The summed E-state index contributed by atoms with van der Waals surface area (Å²) in [6, 6.07) is 4.78. The Labute approximate surface area is 126 Å². The molecule has 0 aliphatic carbocycles. The highest BCUT2D eigenvalue weighted by Gasteiger charge is 2.13. The lowest BCUT2D eigenvalue weighted by Crippen LogP contribution is -2.35. The van der Waals surface area contributed by atoms with Gasteiger partial charge in [0.2, 0.25) is 5.91 Å². The largest absolute Gasteiger partial charge is 0.493 e. The summed E-state index contributed by atoms with van der Waals surface area (Å²) in [7, 11) is 1.56. The van der Waals surface area contributed by atoms with E-state index in [4.69, 9.17) is 15.2 Å². The fourth-order valence-corrected chi connectivity index (χ4v) is 1.70. The molecule has 1 amide bonds. The van der Waals surface area contributed by atoms with Crippen molar-refractivity contribution in [2.24, 2.45) is 5.73 Å². The topological polar surface area (TPSA) is 73.6 Å². The SMILES string of the molecule is CCCC(N)C(=O)Nc1ccc(OCC)c(OC)c1.Cl. The van der Waals surface area contributed by atoms with Crippen molar-refractivity contribution in [3.8, 4) is 11.5 Å². The monoisotopic (exact) mass is 302 g/mol. The number of rotatable bonds is 7. The third kappa shape index (κ3) is 5.27. The van der Waals surface area contributed by atoms with Crippen molar-refractivity contribution in [2.45, 2.75) is 32.7 Å². The van der Waals surface area contributed by atoms with Gasteiger partial charge in [-0.15, -0.1) is 12.4 Å². The van der Waals surface area contributed by atoms with Crippen LogP contribution < -0.4 is 20.5 Å². The number of anilines is 1. The Balaban J connectivity index is 0.00000361. The van der Waals surface area contributed by atoms with Crippen LogP contribution in [0.15, 0.2) is 18.2 Å². The van der Waals surface area contributed by atoms with E-state index in [9.17, 15) is 4.79 Å². The molecule has 3 N–H and O–H groups in total. The Bertz CT molecular complexity index is 427. The van der Waals surface area contributed by atoms with Crippen LogP contribution in [0.25, 0.3) is 0 Å². The van der Waals surface area contributed by atoms with Crippen LogP contribution in [0.5, 0.6) is 11.5 Å². The van der Waals surface area contributed by atoms with E-state index in [0.29, 0.717) is 30.2 Å². The van der Waals surface area contributed by atoms with Gasteiger partial charge in [-0.3, -0.25) is 4.79 Å². The molecule has 1 atom stereocenters. The van der Waals surface area contributed by atoms with Gasteiger partial charge in [-0.1, -0.05) is 13.3 Å². The van der Waals surface area contributed by atoms with Crippen molar-refractivity contribution < 1.29 is 14.3 Å². The highest BCUT2D eigenvalue weighted by atomic mass is 35.5. The van der Waals surface area contributed by atoms with E-state index in [0.717, 1.165) is 6.42 Å². The molecule has 0 saturated carbocycles. The van der Waals surface area contributed by atoms with Crippen molar-refractivity contribution in [1.82, 2.24) is 0 Å². The summed E-state index contributed by atoms with van der Waals surface area (Å²) in [6.45, 7) is 4.45. The first-order chi connectivity index (χ1) is 9.12. The van der Waals surface area contributed by atoms with Crippen LogP contribution in [-0.4, -0.2) is 25.7 Å². The van der Waals surface area contributed by atoms with E-state index in [2.05, 4.69) is 5.32 Å². The molecule has 0 spiro atoms. The first-order valence-electron chi connectivity index (χ1n) is 6.49. The van der Waals surface area contributed by atoms with Gasteiger partial charge in [0.1, 0.15) is 0 Å². The highest BCUT2D eigenvalue weighted by molar-refractivity contribution is 5.94. The number of hydrogen-bond donors (Lipinski definition) is 2. The summed E-state index contributed by atoms with van der Waals surface area (Å²) in [5.41, 5.74) is 6.41. The number of carbonyl (C=O) groups excluding carboxylic acids is 1. The summed E-state index contributed by atoms with van der Waals surface area (Å²) < 4.78 is 10.6. The van der Waals surface area contributed by atoms with Gasteiger partial charge in [-0.05, 0) is 25.5 Å². The lowest BCUT2D eigenvalue weighted by Gasteiger charge is -2.14. The number of nitrogens with one attached hydrogen (secondary N) is 1. The predicted octanol–water partition coefficient (Wildman–Crippen LogP) is 2.58. The molecule has 0 heterocycles. The van der Waals surface area contributed by atoms with Crippen molar-refractivity contribution in [1.29, 1.82) is 0 Å².